The lowest BCUT2D eigenvalue weighted by molar-refractivity contribution is -0.137. The minimum atomic E-state index is -0.825. The van der Waals surface area contributed by atoms with Crippen LogP contribution in [-0.4, -0.2) is 41.0 Å². The van der Waals surface area contributed by atoms with Crippen molar-refractivity contribution in [1.29, 1.82) is 0 Å². The van der Waals surface area contributed by atoms with Gasteiger partial charge in [-0.05, 0) is 76.5 Å². The van der Waals surface area contributed by atoms with Crippen molar-refractivity contribution in [3.8, 4) is 11.1 Å². The van der Waals surface area contributed by atoms with Gasteiger partial charge in [-0.1, -0.05) is 42.5 Å². The van der Waals surface area contributed by atoms with Crippen molar-refractivity contribution in [3.05, 3.63) is 54.1 Å². The smallest absolute Gasteiger partial charge is 0.411 e. The molecule has 0 aromatic heterocycles. The van der Waals surface area contributed by atoms with Crippen LogP contribution in [0.15, 0.2) is 48.5 Å². The fraction of sp³-hybridized carbons (Fsp3) is 0.464. The number of nitrogens with one attached hydrogen (secondary N) is 2. The molecule has 2 aromatic carbocycles. The van der Waals surface area contributed by atoms with Gasteiger partial charge in [-0.25, -0.2) is 9.59 Å². The Bertz CT molecular complexity index is 1040. The maximum Gasteiger partial charge on any atom is 0.411 e. The van der Waals surface area contributed by atoms with Gasteiger partial charge in [0.05, 0.1) is 5.69 Å². The predicted molar refractivity (Wildman–Crippen MR) is 138 cm³/mol. The molecular weight excluding hydrogens is 460 g/mol. The molecule has 1 aliphatic rings. The molecule has 0 aliphatic heterocycles. The molecule has 0 bridgehead atoms. The van der Waals surface area contributed by atoms with Gasteiger partial charge in [0, 0.05) is 18.0 Å². The van der Waals surface area contributed by atoms with E-state index in [0.717, 1.165) is 16.7 Å². The summed E-state index contributed by atoms with van der Waals surface area (Å²) in [4.78, 5) is 35.7. The first-order valence-corrected chi connectivity index (χ1v) is 12.5. The fourth-order valence-electron chi connectivity index (χ4n) is 4.25. The molecule has 0 spiro atoms. The number of ether oxygens (including phenoxy) is 2. The summed E-state index contributed by atoms with van der Waals surface area (Å²) < 4.78 is 11.0. The highest BCUT2D eigenvalue weighted by atomic mass is 16.6. The molecule has 2 amide bonds. The number of aliphatic carboxylic acids is 1. The van der Waals surface area contributed by atoms with Gasteiger partial charge in [-0.2, -0.15) is 0 Å². The summed E-state index contributed by atoms with van der Waals surface area (Å²) in [6.07, 6.45) is 2.71. The first-order valence-electron chi connectivity index (χ1n) is 12.5. The van der Waals surface area contributed by atoms with E-state index in [1.54, 1.807) is 0 Å². The van der Waals surface area contributed by atoms with E-state index in [1.165, 1.54) is 0 Å². The topological polar surface area (TPSA) is 114 Å². The van der Waals surface area contributed by atoms with E-state index < -0.39 is 23.8 Å². The molecular formula is C28H36N2O6. The number of rotatable bonds is 8. The molecule has 1 fully saturated rings. The van der Waals surface area contributed by atoms with E-state index in [1.807, 2.05) is 69.3 Å². The molecule has 1 saturated carbocycles. The van der Waals surface area contributed by atoms with Gasteiger partial charge < -0.3 is 19.9 Å². The molecule has 8 nitrogen and oxygen atoms in total. The zero-order valence-corrected chi connectivity index (χ0v) is 21.2. The highest BCUT2D eigenvalue weighted by Gasteiger charge is 2.27. The summed E-state index contributed by atoms with van der Waals surface area (Å²) in [6, 6.07) is 15.5. The molecule has 0 heterocycles. The van der Waals surface area contributed by atoms with Gasteiger partial charge in [0.1, 0.15) is 11.7 Å². The fourth-order valence-corrected chi connectivity index (χ4v) is 4.25. The number of carbonyl (C=O) groups is 3. The minimum absolute atomic E-state index is 0.00470. The van der Waals surface area contributed by atoms with Crippen LogP contribution >= 0.6 is 0 Å². The Morgan fingerprint density at radius 1 is 0.972 bits per heavy atom. The van der Waals surface area contributed by atoms with Gasteiger partial charge in [0.25, 0.3) is 0 Å². The molecule has 0 radical (unpaired) electrons. The van der Waals surface area contributed by atoms with Crippen LogP contribution in [0.1, 0.15) is 64.9 Å². The van der Waals surface area contributed by atoms with Gasteiger partial charge in [-0.15, -0.1) is 0 Å². The van der Waals surface area contributed by atoms with E-state index in [-0.39, 0.29) is 18.6 Å². The van der Waals surface area contributed by atoms with Crippen molar-refractivity contribution in [3.63, 3.8) is 0 Å². The van der Waals surface area contributed by atoms with Gasteiger partial charge in [0.2, 0.25) is 0 Å². The predicted octanol–water partition coefficient (Wildman–Crippen LogP) is 6.15. The van der Waals surface area contributed by atoms with Crippen LogP contribution < -0.4 is 10.6 Å². The van der Waals surface area contributed by atoms with Crippen molar-refractivity contribution in [1.82, 2.24) is 5.32 Å². The van der Waals surface area contributed by atoms with Gasteiger partial charge >= 0.3 is 18.2 Å². The highest BCUT2D eigenvalue weighted by molar-refractivity contribution is 5.91. The average Bonchev–Trinajstić information content (AvgIpc) is 2.79. The van der Waals surface area contributed by atoms with Crippen molar-refractivity contribution < 1.29 is 29.0 Å². The second-order valence-electron chi connectivity index (χ2n) is 10.1. The van der Waals surface area contributed by atoms with Crippen LogP contribution in [-0.2, 0) is 20.7 Å². The number of carboxylic acid groups (broad SMARTS) is 1. The van der Waals surface area contributed by atoms with Crippen LogP contribution in [0.5, 0.6) is 0 Å². The molecule has 36 heavy (non-hydrogen) atoms. The van der Waals surface area contributed by atoms with E-state index >= 15 is 0 Å². The number of carbonyl (C=O) groups excluding carboxylic acids is 2. The summed E-state index contributed by atoms with van der Waals surface area (Å²) >= 11 is 0. The molecule has 194 valence electrons. The number of aryl methyl sites for hydroxylation is 1. The van der Waals surface area contributed by atoms with Crippen molar-refractivity contribution >= 4 is 23.8 Å². The van der Waals surface area contributed by atoms with Crippen LogP contribution in [0.4, 0.5) is 15.3 Å². The van der Waals surface area contributed by atoms with Crippen molar-refractivity contribution in [2.45, 2.75) is 83.5 Å². The lowest BCUT2D eigenvalue weighted by Crippen LogP contribution is -2.42. The Labute approximate surface area is 212 Å². The zero-order valence-electron chi connectivity index (χ0n) is 21.2. The second kappa shape index (κ2) is 12.4. The molecule has 2 aromatic rings. The standard InChI is InChI=1S/C28H36N2O6/c1-28(2,3)36-27(34)29-21-13-15-22(16-14-21)35-26(33)30-24-18-19(8-7-11-25(31)32)12-17-23(24)20-9-5-4-6-10-20/h4-6,9-10,12,17-18,21-22H,7-8,11,13-16H2,1-3H3,(H,29,34)(H,30,33)(H,31,32). The molecule has 8 heteroatoms. The molecule has 3 N–H and O–H groups in total. The Hall–Kier alpha value is -3.55. The summed E-state index contributed by atoms with van der Waals surface area (Å²) in [7, 11) is 0. The van der Waals surface area contributed by atoms with E-state index in [0.29, 0.717) is 44.2 Å². The van der Waals surface area contributed by atoms with Crippen molar-refractivity contribution in [2.24, 2.45) is 0 Å². The number of anilines is 1. The normalized spacial score (nSPS) is 17.6. The molecule has 0 atom stereocenters. The number of carboxylic acids is 1. The Kier molecular flexibility index (Phi) is 9.33. The third-order valence-electron chi connectivity index (χ3n) is 5.93. The second-order valence-corrected chi connectivity index (χ2v) is 10.1. The molecule has 0 saturated heterocycles. The van der Waals surface area contributed by atoms with E-state index in [2.05, 4.69) is 10.6 Å². The Balaban J connectivity index is 1.59. The molecule has 3 rings (SSSR count). The SMILES string of the molecule is CC(C)(C)OC(=O)NC1CCC(OC(=O)Nc2cc(CCCC(=O)O)ccc2-c2ccccc2)CC1. The van der Waals surface area contributed by atoms with Crippen LogP contribution in [0.3, 0.4) is 0 Å². The average molecular weight is 497 g/mol. The third-order valence-corrected chi connectivity index (χ3v) is 5.93. The Morgan fingerprint density at radius 2 is 1.67 bits per heavy atom. The Morgan fingerprint density at radius 3 is 2.31 bits per heavy atom. The van der Waals surface area contributed by atoms with Crippen LogP contribution in [0.25, 0.3) is 11.1 Å². The van der Waals surface area contributed by atoms with Crippen molar-refractivity contribution in [2.75, 3.05) is 5.32 Å². The summed E-state index contributed by atoms with van der Waals surface area (Å²) in [5.41, 5.74) is 2.84. The van der Waals surface area contributed by atoms with Gasteiger partial charge in [-0.3, -0.25) is 10.1 Å². The first-order chi connectivity index (χ1) is 17.1. The van der Waals surface area contributed by atoms with Crippen LogP contribution in [0.2, 0.25) is 0 Å². The maximum absolute atomic E-state index is 12.8. The largest absolute Gasteiger partial charge is 0.481 e. The monoisotopic (exact) mass is 496 g/mol. The lowest BCUT2D eigenvalue weighted by atomic mass is 9.93. The summed E-state index contributed by atoms with van der Waals surface area (Å²) in [5, 5.41) is 14.7. The number of amides is 2. The maximum atomic E-state index is 12.8. The van der Waals surface area contributed by atoms with Gasteiger partial charge in [0.15, 0.2) is 0 Å². The summed E-state index contributed by atoms with van der Waals surface area (Å²) in [5.74, 6) is -0.825. The summed E-state index contributed by atoms with van der Waals surface area (Å²) in [6.45, 7) is 5.47. The number of hydrogen-bond acceptors (Lipinski definition) is 5. The number of alkyl carbamates (subject to hydrolysis) is 1. The third kappa shape index (κ3) is 8.91. The molecule has 0 unspecified atom stereocenters. The lowest BCUT2D eigenvalue weighted by Gasteiger charge is -2.30. The quantitative estimate of drug-likeness (QED) is 0.404. The number of hydrogen-bond donors (Lipinski definition) is 3. The van der Waals surface area contributed by atoms with Crippen LogP contribution in [0, 0.1) is 0 Å². The number of benzene rings is 2. The minimum Gasteiger partial charge on any atom is -0.481 e. The zero-order chi connectivity index (χ0) is 26.1. The van der Waals surface area contributed by atoms with E-state index in [4.69, 9.17) is 14.6 Å². The molecule has 1 aliphatic carbocycles. The highest BCUT2D eigenvalue weighted by Crippen LogP contribution is 2.30. The first kappa shape index (κ1) is 27.0. The van der Waals surface area contributed by atoms with E-state index in [9.17, 15) is 14.4 Å².